The van der Waals surface area contributed by atoms with Gasteiger partial charge in [-0.15, -0.1) is 0 Å². The standard InChI is InChI=1S/C11H10ClF2NO3/c1-10(17)11(13,14)5-3-4-6(18-2)8(12)7(5)9(16)15-10/h3-4,17H,1-2H3,(H,15,16). The van der Waals surface area contributed by atoms with Crippen LogP contribution in [0.5, 0.6) is 5.75 Å². The molecule has 1 heterocycles. The fourth-order valence-electron chi connectivity index (χ4n) is 1.82. The summed E-state index contributed by atoms with van der Waals surface area (Å²) >= 11 is 5.84. The molecule has 7 heteroatoms. The highest BCUT2D eigenvalue weighted by Gasteiger charge is 2.57. The van der Waals surface area contributed by atoms with Crippen LogP contribution >= 0.6 is 11.6 Å². The van der Waals surface area contributed by atoms with E-state index in [9.17, 15) is 18.7 Å². The zero-order valence-corrected chi connectivity index (χ0v) is 10.3. The van der Waals surface area contributed by atoms with Gasteiger partial charge in [0.1, 0.15) is 5.75 Å². The second-order valence-electron chi connectivity index (χ2n) is 4.11. The number of rotatable bonds is 1. The van der Waals surface area contributed by atoms with Crippen molar-refractivity contribution in [3.05, 3.63) is 28.3 Å². The number of alkyl halides is 2. The summed E-state index contributed by atoms with van der Waals surface area (Å²) < 4.78 is 32.9. The predicted molar refractivity (Wildman–Crippen MR) is 60.0 cm³/mol. The minimum atomic E-state index is -3.65. The van der Waals surface area contributed by atoms with Gasteiger partial charge in [-0.05, 0) is 19.1 Å². The summed E-state index contributed by atoms with van der Waals surface area (Å²) in [6.07, 6.45) is 0. The Labute approximate surface area is 107 Å². The topological polar surface area (TPSA) is 58.6 Å². The lowest BCUT2D eigenvalue weighted by molar-refractivity contribution is -0.193. The number of hydrogen-bond donors (Lipinski definition) is 2. The van der Waals surface area contributed by atoms with E-state index in [1.54, 1.807) is 0 Å². The summed E-state index contributed by atoms with van der Waals surface area (Å²) in [6, 6.07) is 2.25. The van der Waals surface area contributed by atoms with Crippen LogP contribution in [0.25, 0.3) is 0 Å². The molecule has 0 spiro atoms. The normalized spacial score (nSPS) is 25.3. The maximum atomic E-state index is 14.0. The summed E-state index contributed by atoms with van der Waals surface area (Å²) in [5.41, 5.74) is -3.66. The summed E-state index contributed by atoms with van der Waals surface area (Å²) in [6.45, 7) is 0.825. The monoisotopic (exact) mass is 277 g/mol. The van der Waals surface area contributed by atoms with Crippen molar-refractivity contribution >= 4 is 17.5 Å². The first kappa shape index (κ1) is 13.0. The van der Waals surface area contributed by atoms with Crippen molar-refractivity contribution in [2.24, 2.45) is 0 Å². The van der Waals surface area contributed by atoms with Crippen LogP contribution in [0.2, 0.25) is 5.02 Å². The molecule has 0 bridgehead atoms. The van der Waals surface area contributed by atoms with Gasteiger partial charge >= 0.3 is 5.92 Å². The van der Waals surface area contributed by atoms with Crippen LogP contribution in [0.4, 0.5) is 8.78 Å². The molecule has 0 saturated carbocycles. The van der Waals surface area contributed by atoms with E-state index in [1.165, 1.54) is 13.2 Å². The Bertz CT molecular complexity index is 531. The molecule has 0 fully saturated rings. The molecule has 1 aromatic carbocycles. The summed E-state index contributed by atoms with van der Waals surface area (Å²) in [4.78, 5) is 11.7. The van der Waals surface area contributed by atoms with E-state index >= 15 is 0 Å². The maximum absolute atomic E-state index is 14.0. The van der Waals surface area contributed by atoms with Crippen LogP contribution in [-0.2, 0) is 5.92 Å². The van der Waals surface area contributed by atoms with Crippen LogP contribution in [0.15, 0.2) is 12.1 Å². The van der Waals surface area contributed by atoms with Crippen LogP contribution in [0, 0.1) is 0 Å². The minimum Gasteiger partial charge on any atom is -0.495 e. The SMILES string of the molecule is COc1ccc2c(c1Cl)C(=O)NC(C)(O)C2(F)F. The Morgan fingerprint density at radius 1 is 1.44 bits per heavy atom. The molecule has 1 aliphatic heterocycles. The van der Waals surface area contributed by atoms with Gasteiger partial charge in [0.2, 0.25) is 5.72 Å². The second kappa shape index (κ2) is 3.80. The minimum absolute atomic E-state index is 0.114. The Morgan fingerprint density at radius 3 is 2.61 bits per heavy atom. The molecule has 2 N–H and O–H groups in total. The molecular weight excluding hydrogens is 268 g/mol. The van der Waals surface area contributed by atoms with Crippen molar-refractivity contribution in [3.8, 4) is 5.75 Å². The molecule has 98 valence electrons. The van der Waals surface area contributed by atoms with Crippen molar-refractivity contribution in [2.75, 3.05) is 7.11 Å². The first-order valence-corrected chi connectivity index (χ1v) is 5.40. The number of methoxy groups -OCH3 is 1. The zero-order chi connectivity index (χ0) is 13.7. The van der Waals surface area contributed by atoms with Crippen molar-refractivity contribution in [3.63, 3.8) is 0 Å². The van der Waals surface area contributed by atoms with Gasteiger partial charge in [-0.1, -0.05) is 11.6 Å². The van der Waals surface area contributed by atoms with E-state index in [1.807, 2.05) is 5.32 Å². The third-order valence-corrected chi connectivity index (χ3v) is 3.24. The molecule has 0 aliphatic carbocycles. The number of carbonyl (C=O) groups is 1. The average Bonchev–Trinajstić information content (AvgIpc) is 2.25. The Kier molecular flexibility index (Phi) is 2.75. The molecule has 4 nitrogen and oxygen atoms in total. The van der Waals surface area contributed by atoms with E-state index in [0.29, 0.717) is 0 Å². The lowest BCUT2D eigenvalue weighted by atomic mass is 9.89. The van der Waals surface area contributed by atoms with Gasteiger partial charge in [-0.25, -0.2) is 0 Å². The van der Waals surface area contributed by atoms with Gasteiger partial charge in [-0.3, -0.25) is 4.79 Å². The molecular formula is C11H10ClF2NO3. The fourth-order valence-corrected chi connectivity index (χ4v) is 2.15. The summed E-state index contributed by atoms with van der Waals surface area (Å²) in [7, 11) is 1.31. The van der Waals surface area contributed by atoms with Gasteiger partial charge in [0, 0.05) is 5.56 Å². The van der Waals surface area contributed by atoms with Gasteiger partial charge in [0.25, 0.3) is 5.91 Å². The average molecular weight is 278 g/mol. The second-order valence-corrected chi connectivity index (χ2v) is 4.48. The van der Waals surface area contributed by atoms with E-state index < -0.39 is 23.1 Å². The lowest BCUT2D eigenvalue weighted by Crippen LogP contribution is -2.60. The molecule has 1 unspecified atom stereocenters. The van der Waals surface area contributed by atoms with Gasteiger partial charge in [0.05, 0.1) is 17.7 Å². The third kappa shape index (κ3) is 1.56. The lowest BCUT2D eigenvalue weighted by Gasteiger charge is -2.38. The van der Waals surface area contributed by atoms with Gasteiger partial charge in [-0.2, -0.15) is 8.78 Å². The Morgan fingerprint density at radius 2 is 2.06 bits per heavy atom. The smallest absolute Gasteiger partial charge is 0.320 e. The molecule has 2 rings (SSSR count). The highest BCUT2D eigenvalue weighted by Crippen LogP contribution is 2.46. The van der Waals surface area contributed by atoms with E-state index in [2.05, 4.69) is 0 Å². The van der Waals surface area contributed by atoms with Crippen molar-refractivity contribution < 1.29 is 23.4 Å². The van der Waals surface area contributed by atoms with E-state index in [-0.39, 0.29) is 16.3 Å². The van der Waals surface area contributed by atoms with Gasteiger partial charge < -0.3 is 15.2 Å². The Hall–Kier alpha value is -1.40. The number of ether oxygens (including phenoxy) is 1. The summed E-state index contributed by atoms with van der Waals surface area (Å²) in [5, 5.41) is 11.2. The molecule has 1 aromatic rings. The van der Waals surface area contributed by atoms with Crippen LogP contribution < -0.4 is 10.1 Å². The largest absolute Gasteiger partial charge is 0.495 e. The van der Waals surface area contributed by atoms with E-state index in [0.717, 1.165) is 13.0 Å². The molecule has 1 aliphatic rings. The first-order chi connectivity index (χ1) is 8.22. The molecule has 0 saturated heterocycles. The fraction of sp³-hybridized carbons (Fsp3) is 0.364. The number of carbonyl (C=O) groups excluding carboxylic acids is 1. The van der Waals surface area contributed by atoms with Crippen molar-refractivity contribution in [2.45, 2.75) is 18.6 Å². The molecule has 1 atom stereocenters. The number of amides is 1. The molecule has 0 radical (unpaired) electrons. The van der Waals surface area contributed by atoms with Gasteiger partial charge in [0.15, 0.2) is 0 Å². The van der Waals surface area contributed by atoms with Crippen LogP contribution in [0.3, 0.4) is 0 Å². The van der Waals surface area contributed by atoms with Crippen molar-refractivity contribution in [1.82, 2.24) is 5.32 Å². The third-order valence-electron chi connectivity index (χ3n) is 2.86. The number of fused-ring (bicyclic) bond motifs is 1. The molecule has 1 amide bonds. The van der Waals surface area contributed by atoms with Crippen LogP contribution in [-0.4, -0.2) is 23.8 Å². The van der Waals surface area contributed by atoms with E-state index in [4.69, 9.17) is 16.3 Å². The number of halogens is 3. The molecule has 0 aromatic heterocycles. The number of benzene rings is 1. The number of hydrogen-bond acceptors (Lipinski definition) is 3. The highest BCUT2D eigenvalue weighted by atomic mass is 35.5. The Balaban J connectivity index is 2.74. The van der Waals surface area contributed by atoms with Crippen LogP contribution in [0.1, 0.15) is 22.8 Å². The zero-order valence-electron chi connectivity index (χ0n) is 9.55. The number of nitrogens with one attached hydrogen (secondary N) is 1. The maximum Gasteiger partial charge on any atom is 0.320 e. The highest BCUT2D eigenvalue weighted by molar-refractivity contribution is 6.35. The number of aliphatic hydroxyl groups is 1. The first-order valence-electron chi connectivity index (χ1n) is 5.02. The summed E-state index contributed by atoms with van der Waals surface area (Å²) in [5.74, 6) is -4.40. The quantitative estimate of drug-likeness (QED) is 0.824. The molecule has 18 heavy (non-hydrogen) atoms. The van der Waals surface area contributed by atoms with Crippen molar-refractivity contribution in [1.29, 1.82) is 0 Å². The predicted octanol–water partition coefficient (Wildman–Crippen LogP) is 1.89.